The molecule has 1 saturated carbocycles. The molecule has 1 aromatic heterocycles. The zero-order valence-corrected chi connectivity index (χ0v) is 10.4. The highest BCUT2D eigenvalue weighted by molar-refractivity contribution is 5.01. The van der Waals surface area contributed by atoms with E-state index in [0.29, 0.717) is 12.6 Å². The third-order valence-corrected chi connectivity index (χ3v) is 3.17. The molecule has 17 heavy (non-hydrogen) atoms. The summed E-state index contributed by atoms with van der Waals surface area (Å²) < 4.78 is 5.42. The molecule has 0 saturated heterocycles. The van der Waals surface area contributed by atoms with Crippen LogP contribution in [0.25, 0.3) is 0 Å². The maximum Gasteiger partial charge on any atom is 0.117 e. The van der Waals surface area contributed by atoms with Crippen molar-refractivity contribution in [1.29, 1.82) is 0 Å². The number of nitrogens with one attached hydrogen (secondary N) is 1. The molecule has 0 radical (unpaired) electrons. The Labute approximate surface area is 103 Å². The number of hydrogen-bond donors (Lipinski definition) is 1. The van der Waals surface area contributed by atoms with Crippen LogP contribution in [0.1, 0.15) is 25.5 Å². The molecule has 1 aliphatic carbocycles. The quantitative estimate of drug-likeness (QED) is 0.574. The SMILES string of the molecule is C#CCNCC(C)N(Cc1ccco1)C1CC1. The fraction of sp³-hybridized carbons (Fsp3) is 0.571. The lowest BCUT2D eigenvalue weighted by Crippen LogP contribution is -2.41. The Morgan fingerprint density at radius 2 is 2.47 bits per heavy atom. The number of furan rings is 1. The first kappa shape index (κ1) is 12.2. The van der Waals surface area contributed by atoms with Crippen LogP contribution in [-0.4, -0.2) is 30.1 Å². The Bertz CT molecular complexity index is 362. The minimum atomic E-state index is 0.487. The third-order valence-electron chi connectivity index (χ3n) is 3.17. The minimum Gasteiger partial charge on any atom is -0.468 e. The fourth-order valence-electron chi connectivity index (χ4n) is 2.10. The molecule has 0 aliphatic heterocycles. The summed E-state index contributed by atoms with van der Waals surface area (Å²) in [7, 11) is 0. The van der Waals surface area contributed by atoms with E-state index in [1.807, 2.05) is 12.1 Å². The Morgan fingerprint density at radius 1 is 1.65 bits per heavy atom. The average molecular weight is 232 g/mol. The Morgan fingerprint density at radius 3 is 3.06 bits per heavy atom. The van der Waals surface area contributed by atoms with Crippen LogP contribution in [0.3, 0.4) is 0 Å². The molecule has 2 rings (SSSR count). The molecule has 92 valence electrons. The van der Waals surface area contributed by atoms with E-state index < -0.39 is 0 Å². The summed E-state index contributed by atoms with van der Waals surface area (Å²) in [6, 6.07) is 5.20. The van der Waals surface area contributed by atoms with Crippen LogP contribution < -0.4 is 5.32 Å². The predicted octanol–water partition coefficient (Wildman–Crippen LogP) is 1.86. The van der Waals surface area contributed by atoms with Gasteiger partial charge in [0.25, 0.3) is 0 Å². The summed E-state index contributed by atoms with van der Waals surface area (Å²) in [4.78, 5) is 2.50. The second-order valence-corrected chi connectivity index (χ2v) is 4.67. The van der Waals surface area contributed by atoms with Crippen LogP contribution >= 0.6 is 0 Å². The molecule has 0 spiro atoms. The Hall–Kier alpha value is -1.24. The van der Waals surface area contributed by atoms with Gasteiger partial charge in [-0.3, -0.25) is 4.90 Å². The monoisotopic (exact) mass is 232 g/mol. The Kier molecular flexibility index (Phi) is 4.24. The zero-order valence-electron chi connectivity index (χ0n) is 10.4. The van der Waals surface area contributed by atoms with Crippen molar-refractivity contribution in [2.45, 2.75) is 38.4 Å². The summed E-state index contributed by atoms with van der Waals surface area (Å²) in [6.45, 7) is 4.71. The van der Waals surface area contributed by atoms with Crippen molar-refractivity contribution >= 4 is 0 Å². The van der Waals surface area contributed by atoms with E-state index >= 15 is 0 Å². The lowest BCUT2D eigenvalue weighted by molar-refractivity contribution is 0.172. The second kappa shape index (κ2) is 5.90. The predicted molar refractivity (Wildman–Crippen MR) is 68.4 cm³/mol. The lowest BCUT2D eigenvalue weighted by Gasteiger charge is -2.28. The van der Waals surface area contributed by atoms with E-state index in [-0.39, 0.29) is 0 Å². The third kappa shape index (κ3) is 3.62. The maximum absolute atomic E-state index is 5.42. The van der Waals surface area contributed by atoms with Gasteiger partial charge in [-0.2, -0.15) is 0 Å². The van der Waals surface area contributed by atoms with E-state index in [1.165, 1.54) is 12.8 Å². The molecule has 0 bridgehead atoms. The van der Waals surface area contributed by atoms with E-state index in [9.17, 15) is 0 Å². The van der Waals surface area contributed by atoms with E-state index in [1.54, 1.807) is 6.26 Å². The van der Waals surface area contributed by atoms with E-state index in [0.717, 1.165) is 24.9 Å². The van der Waals surface area contributed by atoms with Crippen LogP contribution in [0.2, 0.25) is 0 Å². The molecular weight excluding hydrogens is 212 g/mol. The van der Waals surface area contributed by atoms with Gasteiger partial charge >= 0.3 is 0 Å². The van der Waals surface area contributed by atoms with Gasteiger partial charge in [0, 0.05) is 18.6 Å². The summed E-state index contributed by atoms with van der Waals surface area (Å²) >= 11 is 0. The summed E-state index contributed by atoms with van der Waals surface area (Å²) in [5, 5.41) is 3.27. The summed E-state index contributed by atoms with van der Waals surface area (Å²) in [5.41, 5.74) is 0. The Balaban J connectivity index is 1.86. The number of terminal acetylenes is 1. The lowest BCUT2D eigenvalue weighted by atomic mass is 10.2. The van der Waals surface area contributed by atoms with E-state index in [2.05, 4.69) is 23.1 Å². The maximum atomic E-state index is 5.42. The van der Waals surface area contributed by atoms with Gasteiger partial charge in [0.2, 0.25) is 0 Å². The van der Waals surface area contributed by atoms with Crippen LogP contribution in [-0.2, 0) is 6.54 Å². The van der Waals surface area contributed by atoms with Crippen molar-refractivity contribution in [2.24, 2.45) is 0 Å². The zero-order chi connectivity index (χ0) is 12.1. The smallest absolute Gasteiger partial charge is 0.117 e. The number of hydrogen-bond acceptors (Lipinski definition) is 3. The van der Waals surface area contributed by atoms with Crippen molar-refractivity contribution in [1.82, 2.24) is 10.2 Å². The number of rotatable bonds is 7. The minimum absolute atomic E-state index is 0.487. The summed E-state index contributed by atoms with van der Waals surface area (Å²) in [6.07, 6.45) is 9.58. The standard InChI is InChI=1S/C14H20N2O/c1-3-8-15-10-12(2)16(13-6-7-13)11-14-5-4-9-17-14/h1,4-5,9,12-13,15H,6-8,10-11H2,2H3. The molecule has 1 aromatic rings. The van der Waals surface area contributed by atoms with Crippen LogP contribution in [0.5, 0.6) is 0 Å². The van der Waals surface area contributed by atoms with Crippen molar-refractivity contribution < 1.29 is 4.42 Å². The van der Waals surface area contributed by atoms with Crippen LogP contribution in [0.15, 0.2) is 22.8 Å². The molecular formula is C14H20N2O. The van der Waals surface area contributed by atoms with Crippen molar-refractivity contribution in [3.05, 3.63) is 24.2 Å². The topological polar surface area (TPSA) is 28.4 Å². The molecule has 1 heterocycles. The van der Waals surface area contributed by atoms with Crippen LogP contribution in [0.4, 0.5) is 0 Å². The average Bonchev–Trinajstić information content (AvgIpc) is 3.03. The number of nitrogens with zero attached hydrogens (tertiary/aromatic N) is 1. The van der Waals surface area contributed by atoms with Crippen molar-refractivity contribution in [3.8, 4) is 12.3 Å². The second-order valence-electron chi connectivity index (χ2n) is 4.67. The highest BCUT2D eigenvalue weighted by Gasteiger charge is 2.32. The molecule has 1 N–H and O–H groups in total. The first-order valence-electron chi connectivity index (χ1n) is 6.23. The van der Waals surface area contributed by atoms with Gasteiger partial charge in [0.15, 0.2) is 0 Å². The van der Waals surface area contributed by atoms with Gasteiger partial charge in [-0.05, 0) is 31.9 Å². The van der Waals surface area contributed by atoms with Crippen molar-refractivity contribution in [3.63, 3.8) is 0 Å². The van der Waals surface area contributed by atoms with Gasteiger partial charge in [0.1, 0.15) is 5.76 Å². The highest BCUT2D eigenvalue weighted by atomic mass is 16.3. The fourth-order valence-corrected chi connectivity index (χ4v) is 2.10. The largest absolute Gasteiger partial charge is 0.468 e. The van der Waals surface area contributed by atoms with E-state index in [4.69, 9.17) is 10.8 Å². The molecule has 3 nitrogen and oxygen atoms in total. The normalized spacial score (nSPS) is 17.0. The summed E-state index contributed by atoms with van der Waals surface area (Å²) in [5.74, 6) is 3.65. The molecule has 1 fully saturated rings. The highest BCUT2D eigenvalue weighted by Crippen LogP contribution is 2.30. The van der Waals surface area contributed by atoms with Gasteiger partial charge in [-0.25, -0.2) is 0 Å². The van der Waals surface area contributed by atoms with Gasteiger partial charge in [-0.1, -0.05) is 5.92 Å². The van der Waals surface area contributed by atoms with Gasteiger partial charge < -0.3 is 9.73 Å². The first-order chi connectivity index (χ1) is 8.31. The van der Waals surface area contributed by atoms with Gasteiger partial charge in [-0.15, -0.1) is 6.42 Å². The van der Waals surface area contributed by atoms with Crippen LogP contribution in [0, 0.1) is 12.3 Å². The molecule has 0 aromatic carbocycles. The molecule has 1 atom stereocenters. The van der Waals surface area contributed by atoms with Gasteiger partial charge in [0.05, 0.1) is 19.4 Å². The molecule has 1 aliphatic rings. The molecule has 1 unspecified atom stereocenters. The van der Waals surface area contributed by atoms with Crippen molar-refractivity contribution in [2.75, 3.05) is 13.1 Å². The first-order valence-corrected chi connectivity index (χ1v) is 6.23. The molecule has 0 amide bonds. The molecule has 3 heteroatoms.